The molecule has 2 aromatic rings. The van der Waals surface area contributed by atoms with Crippen molar-refractivity contribution in [3.63, 3.8) is 0 Å². The van der Waals surface area contributed by atoms with Crippen molar-refractivity contribution in [3.8, 4) is 11.5 Å². The first-order chi connectivity index (χ1) is 14.1. The lowest BCUT2D eigenvalue weighted by Crippen LogP contribution is -2.50. The average Bonchev–Trinajstić information content (AvgIpc) is 3.56. The lowest BCUT2D eigenvalue weighted by Gasteiger charge is -2.45. The van der Waals surface area contributed by atoms with E-state index in [9.17, 15) is 9.59 Å². The maximum Gasteiger partial charge on any atom is 0.254 e. The molecular weight excluding hydrogens is 368 g/mol. The Hall–Kier alpha value is -3.02. The number of carbonyl (C=O) groups is 2. The normalized spacial score (nSPS) is 22.3. The van der Waals surface area contributed by atoms with E-state index in [-0.39, 0.29) is 23.9 Å². The summed E-state index contributed by atoms with van der Waals surface area (Å²) in [4.78, 5) is 28.5. The molecular formula is C23H24N2O4. The second kappa shape index (κ2) is 6.79. The summed E-state index contributed by atoms with van der Waals surface area (Å²) in [5.41, 5.74) is 3.50. The molecule has 0 saturated heterocycles. The van der Waals surface area contributed by atoms with Gasteiger partial charge in [0.05, 0.1) is 26.2 Å². The highest BCUT2D eigenvalue weighted by Crippen LogP contribution is 2.48. The zero-order valence-electron chi connectivity index (χ0n) is 16.6. The van der Waals surface area contributed by atoms with Gasteiger partial charge in [-0.3, -0.25) is 9.59 Å². The van der Waals surface area contributed by atoms with Gasteiger partial charge in [-0.1, -0.05) is 18.2 Å². The first-order valence-electron chi connectivity index (χ1n) is 10.1. The van der Waals surface area contributed by atoms with Gasteiger partial charge in [0.1, 0.15) is 0 Å². The number of nitrogens with one attached hydrogen (secondary N) is 1. The van der Waals surface area contributed by atoms with Crippen LogP contribution < -0.4 is 14.8 Å². The Kier molecular flexibility index (Phi) is 4.23. The van der Waals surface area contributed by atoms with Crippen LogP contribution in [0.5, 0.6) is 11.5 Å². The average molecular weight is 392 g/mol. The third-order valence-electron chi connectivity index (χ3n) is 6.23. The number of nitrogens with zero attached hydrogens (tertiary/aromatic N) is 1. The van der Waals surface area contributed by atoms with Crippen molar-refractivity contribution in [1.29, 1.82) is 0 Å². The minimum Gasteiger partial charge on any atom is -0.493 e. The number of benzene rings is 2. The number of ether oxygens (including phenoxy) is 2. The van der Waals surface area contributed by atoms with E-state index in [2.05, 4.69) is 5.32 Å². The molecule has 5 rings (SSSR count). The second-order valence-electron chi connectivity index (χ2n) is 7.95. The topological polar surface area (TPSA) is 67.9 Å². The molecule has 0 spiro atoms. The van der Waals surface area contributed by atoms with Crippen LogP contribution in [0.4, 0.5) is 0 Å². The highest BCUT2D eigenvalue weighted by Gasteiger charge is 2.47. The monoisotopic (exact) mass is 392 g/mol. The van der Waals surface area contributed by atoms with E-state index < -0.39 is 5.92 Å². The fraction of sp³-hybridized carbons (Fsp3) is 0.391. The van der Waals surface area contributed by atoms with Crippen LogP contribution in [0.25, 0.3) is 0 Å². The van der Waals surface area contributed by atoms with Gasteiger partial charge >= 0.3 is 0 Å². The van der Waals surface area contributed by atoms with Crippen LogP contribution in [0.3, 0.4) is 0 Å². The summed E-state index contributed by atoms with van der Waals surface area (Å²) in [5.74, 6) is 0.815. The molecule has 150 valence electrons. The molecule has 1 N–H and O–H groups in total. The molecule has 0 bridgehead atoms. The van der Waals surface area contributed by atoms with Crippen LogP contribution in [-0.2, 0) is 11.2 Å². The van der Waals surface area contributed by atoms with Gasteiger partial charge in [0.25, 0.3) is 5.91 Å². The lowest BCUT2D eigenvalue weighted by molar-refractivity contribution is -0.124. The van der Waals surface area contributed by atoms with Crippen molar-refractivity contribution >= 4 is 11.8 Å². The largest absolute Gasteiger partial charge is 0.493 e. The molecule has 2 atom stereocenters. The molecule has 0 radical (unpaired) electrons. The van der Waals surface area contributed by atoms with Crippen LogP contribution in [0, 0.1) is 0 Å². The summed E-state index contributed by atoms with van der Waals surface area (Å²) >= 11 is 0. The van der Waals surface area contributed by atoms with Gasteiger partial charge in [0.15, 0.2) is 11.5 Å². The van der Waals surface area contributed by atoms with Crippen molar-refractivity contribution in [3.05, 3.63) is 58.7 Å². The van der Waals surface area contributed by atoms with Gasteiger partial charge in [0, 0.05) is 18.2 Å². The molecule has 29 heavy (non-hydrogen) atoms. The number of fused-ring (bicyclic) bond motifs is 4. The zero-order valence-corrected chi connectivity index (χ0v) is 16.6. The molecule has 6 nitrogen and oxygen atoms in total. The van der Waals surface area contributed by atoms with E-state index in [0.29, 0.717) is 23.6 Å². The first-order valence-corrected chi connectivity index (χ1v) is 10.1. The number of hydrogen-bond donors (Lipinski definition) is 1. The third kappa shape index (κ3) is 2.85. The minimum atomic E-state index is -0.443. The van der Waals surface area contributed by atoms with Crippen LogP contribution in [-0.4, -0.2) is 43.5 Å². The molecule has 2 aromatic carbocycles. The van der Waals surface area contributed by atoms with Gasteiger partial charge in [0.2, 0.25) is 5.91 Å². The standard InChI is InChI=1S/C23H24N2O4/c1-28-18-11-13-9-10-25-21(17(13)12-19(18)29-2)20(22(26)24-14-7-8-14)15-5-3-4-6-16(15)23(25)27/h3-6,11-12,14,20-21H,7-10H2,1-2H3,(H,24,26)/t20-,21-/m0/s1. The summed E-state index contributed by atoms with van der Waals surface area (Å²) in [6.07, 6.45) is 2.76. The molecule has 2 aliphatic heterocycles. The lowest BCUT2D eigenvalue weighted by atomic mass is 9.75. The molecule has 0 unspecified atom stereocenters. The maximum atomic E-state index is 13.4. The smallest absolute Gasteiger partial charge is 0.254 e. The number of carbonyl (C=O) groups excluding carboxylic acids is 2. The van der Waals surface area contributed by atoms with E-state index in [4.69, 9.17) is 9.47 Å². The van der Waals surface area contributed by atoms with Crippen LogP contribution >= 0.6 is 0 Å². The summed E-state index contributed by atoms with van der Waals surface area (Å²) in [7, 11) is 3.22. The van der Waals surface area contributed by atoms with Crippen molar-refractivity contribution in [2.75, 3.05) is 20.8 Å². The van der Waals surface area contributed by atoms with E-state index in [0.717, 1.165) is 36.0 Å². The summed E-state index contributed by atoms with van der Waals surface area (Å²) < 4.78 is 11.0. The number of methoxy groups -OCH3 is 2. The Labute approximate surface area is 169 Å². The quantitative estimate of drug-likeness (QED) is 0.869. The van der Waals surface area contributed by atoms with Crippen molar-refractivity contribution in [1.82, 2.24) is 10.2 Å². The Morgan fingerprint density at radius 2 is 1.79 bits per heavy atom. The van der Waals surface area contributed by atoms with Gasteiger partial charge < -0.3 is 19.7 Å². The first kappa shape index (κ1) is 18.0. The Morgan fingerprint density at radius 1 is 1.07 bits per heavy atom. The van der Waals surface area contributed by atoms with E-state index >= 15 is 0 Å². The van der Waals surface area contributed by atoms with Crippen molar-refractivity contribution < 1.29 is 19.1 Å². The summed E-state index contributed by atoms with van der Waals surface area (Å²) in [5, 5.41) is 3.16. The van der Waals surface area contributed by atoms with Crippen LogP contribution in [0.15, 0.2) is 36.4 Å². The summed E-state index contributed by atoms with van der Waals surface area (Å²) in [6, 6.07) is 11.3. The van der Waals surface area contributed by atoms with Gasteiger partial charge in [-0.25, -0.2) is 0 Å². The zero-order chi connectivity index (χ0) is 20.1. The number of amides is 2. The van der Waals surface area contributed by atoms with Gasteiger partial charge in [-0.05, 0) is 54.2 Å². The molecule has 2 heterocycles. The highest BCUT2D eigenvalue weighted by atomic mass is 16.5. The third-order valence-corrected chi connectivity index (χ3v) is 6.23. The summed E-state index contributed by atoms with van der Waals surface area (Å²) in [6.45, 7) is 0.577. The van der Waals surface area contributed by atoms with Crippen LogP contribution in [0.2, 0.25) is 0 Å². The molecule has 0 aromatic heterocycles. The van der Waals surface area contributed by atoms with E-state index in [1.165, 1.54) is 0 Å². The molecule has 1 saturated carbocycles. The second-order valence-corrected chi connectivity index (χ2v) is 7.95. The van der Waals surface area contributed by atoms with Crippen LogP contribution in [0.1, 0.15) is 51.8 Å². The number of hydrogen-bond acceptors (Lipinski definition) is 4. The van der Waals surface area contributed by atoms with E-state index in [1.54, 1.807) is 14.2 Å². The van der Waals surface area contributed by atoms with Crippen molar-refractivity contribution in [2.24, 2.45) is 0 Å². The molecule has 1 fully saturated rings. The Balaban J connectivity index is 1.68. The SMILES string of the molecule is COc1cc2c(cc1OC)[C@H]1[C@@H](C(=O)NC3CC3)c3ccccc3C(=O)N1CC2. The number of rotatable bonds is 4. The van der Waals surface area contributed by atoms with Crippen molar-refractivity contribution in [2.45, 2.75) is 37.3 Å². The van der Waals surface area contributed by atoms with E-state index in [1.807, 2.05) is 41.3 Å². The highest BCUT2D eigenvalue weighted by molar-refractivity contribution is 6.01. The predicted octanol–water partition coefficient (Wildman–Crippen LogP) is 2.82. The predicted molar refractivity (Wildman–Crippen MR) is 107 cm³/mol. The van der Waals surface area contributed by atoms with Gasteiger partial charge in [-0.2, -0.15) is 0 Å². The molecule has 3 aliphatic rings. The fourth-order valence-electron chi connectivity index (χ4n) is 4.65. The Bertz CT molecular complexity index is 998. The minimum absolute atomic E-state index is 0.00918. The van der Waals surface area contributed by atoms with Gasteiger partial charge in [-0.15, -0.1) is 0 Å². The molecule has 6 heteroatoms. The Morgan fingerprint density at radius 3 is 2.52 bits per heavy atom. The molecule has 1 aliphatic carbocycles. The molecule has 2 amide bonds. The maximum absolute atomic E-state index is 13.4. The fourth-order valence-corrected chi connectivity index (χ4v) is 4.65.